The van der Waals surface area contributed by atoms with Gasteiger partial charge in [-0.25, -0.2) is 9.18 Å². The molecule has 0 aromatic heterocycles. The lowest BCUT2D eigenvalue weighted by molar-refractivity contribution is 0.230. The van der Waals surface area contributed by atoms with Crippen molar-refractivity contribution in [2.45, 2.75) is 38.3 Å². The average Bonchev–Trinajstić information content (AvgIpc) is 3.20. The van der Waals surface area contributed by atoms with Crippen LogP contribution in [-0.4, -0.2) is 13.1 Å². The summed E-state index contributed by atoms with van der Waals surface area (Å²) >= 11 is 0. The van der Waals surface area contributed by atoms with E-state index >= 15 is 0 Å². The fourth-order valence-corrected chi connectivity index (χ4v) is 3.55. The number of carbonyl (C=O) groups is 1. The lowest BCUT2D eigenvalue weighted by Crippen LogP contribution is -2.40. The number of ether oxygens (including phenoxy) is 1. The Balaban J connectivity index is 1.61. The van der Waals surface area contributed by atoms with Crippen LogP contribution in [0.1, 0.15) is 42.9 Å². The van der Waals surface area contributed by atoms with Crippen molar-refractivity contribution in [1.82, 2.24) is 10.6 Å². The Morgan fingerprint density at radius 1 is 1.12 bits per heavy atom. The normalized spacial score (nSPS) is 15.5. The van der Waals surface area contributed by atoms with Crippen LogP contribution in [0.15, 0.2) is 48.5 Å². The molecule has 5 heteroatoms. The van der Waals surface area contributed by atoms with E-state index in [-0.39, 0.29) is 17.9 Å². The highest BCUT2D eigenvalue weighted by Gasteiger charge is 2.27. The third-order valence-corrected chi connectivity index (χ3v) is 5.00. The zero-order valence-corrected chi connectivity index (χ0v) is 15.0. The molecule has 2 N–H and O–H groups in total. The number of carbonyl (C=O) groups excluding carboxylic acids is 1. The third kappa shape index (κ3) is 4.75. The van der Waals surface area contributed by atoms with Crippen LogP contribution in [0.3, 0.4) is 0 Å². The molecule has 4 nitrogen and oxygen atoms in total. The number of halogens is 1. The number of urea groups is 1. The van der Waals surface area contributed by atoms with Crippen LogP contribution < -0.4 is 15.4 Å². The van der Waals surface area contributed by atoms with Crippen molar-refractivity contribution >= 4 is 6.03 Å². The maximum absolute atomic E-state index is 13.2. The van der Waals surface area contributed by atoms with Crippen molar-refractivity contribution in [3.63, 3.8) is 0 Å². The highest BCUT2D eigenvalue weighted by atomic mass is 19.1. The summed E-state index contributed by atoms with van der Waals surface area (Å²) in [7, 11) is 1.62. The number of rotatable bonds is 6. The molecule has 1 aliphatic rings. The maximum Gasteiger partial charge on any atom is 0.315 e. The second-order valence-corrected chi connectivity index (χ2v) is 6.75. The summed E-state index contributed by atoms with van der Waals surface area (Å²) < 4.78 is 18.4. The maximum atomic E-state index is 13.2. The number of methoxy groups -OCH3 is 1. The standard InChI is InChI=1S/C21H25FN2O2/c1-26-19-12-6-15(7-13-19)14-23-21(25)24-20(16-4-2-3-5-16)17-8-10-18(22)11-9-17/h6-13,16,20H,2-5,14H2,1H3,(H2,23,24,25)/t20-/m0/s1. The van der Waals surface area contributed by atoms with E-state index in [0.717, 1.165) is 29.7 Å². The van der Waals surface area contributed by atoms with Gasteiger partial charge in [-0.15, -0.1) is 0 Å². The van der Waals surface area contributed by atoms with Crippen LogP contribution >= 0.6 is 0 Å². The molecule has 1 saturated carbocycles. The van der Waals surface area contributed by atoms with Gasteiger partial charge >= 0.3 is 6.03 Å². The predicted octanol–water partition coefficient (Wildman–Crippen LogP) is 4.57. The van der Waals surface area contributed by atoms with E-state index in [2.05, 4.69) is 10.6 Å². The predicted molar refractivity (Wildman–Crippen MR) is 99.5 cm³/mol. The fourth-order valence-electron chi connectivity index (χ4n) is 3.55. The van der Waals surface area contributed by atoms with Crippen molar-refractivity contribution in [3.8, 4) is 5.75 Å². The molecule has 3 rings (SSSR count). The molecule has 0 saturated heterocycles. The Morgan fingerprint density at radius 3 is 2.38 bits per heavy atom. The van der Waals surface area contributed by atoms with E-state index in [0.29, 0.717) is 12.5 Å². The third-order valence-electron chi connectivity index (χ3n) is 5.00. The molecule has 1 aliphatic carbocycles. The van der Waals surface area contributed by atoms with Crippen LogP contribution in [0, 0.1) is 11.7 Å². The summed E-state index contributed by atoms with van der Waals surface area (Å²) in [5, 5.41) is 6.00. The molecule has 0 radical (unpaired) electrons. The van der Waals surface area contributed by atoms with Gasteiger partial charge < -0.3 is 15.4 Å². The zero-order valence-electron chi connectivity index (χ0n) is 15.0. The zero-order chi connectivity index (χ0) is 18.4. The Kier molecular flexibility index (Phi) is 6.10. The molecule has 1 atom stereocenters. The molecule has 2 amide bonds. The van der Waals surface area contributed by atoms with E-state index < -0.39 is 0 Å². The Labute approximate surface area is 153 Å². The quantitative estimate of drug-likeness (QED) is 0.797. The molecular formula is C21H25FN2O2. The van der Waals surface area contributed by atoms with Gasteiger partial charge in [0.15, 0.2) is 0 Å². The average molecular weight is 356 g/mol. The molecule has 2 aromatic carbocycles. The van der Waals surface area contributed by atoms with Crippen molar-refractivity contribution in [2.24, 2.45) is 5.92 Å². The SMILES string of the molecule is COc1ccc(CNC(=O)N[C@H](c2ccc(F)cc2)C2CCCC2)cc1. The number of hydrogen-bond donors (Lipinski definition) is 2. The monoisotopic (exact) mass is 356 g/mol. The largest absolute Gasteiger partial charge is 0.497 e. The molecule has 138 valence electrons. The molecule has 26 heavy (non-hydrogen) atoms. The van der Waals surface area contributed by atoms with Crippen molar-refractivity contribution in [1.29, 1.82) is 0 Å². The van der Waals surface area contributed by atoms with E-state index in [9.17, 15) is 9.18 Å². The molecule has 1 fully saturated rings. The molecule has 0 unspecified atom stereocenters. The summed E-state index contributed by atoms with van der Waals surface area (Å²) in [6.45, 7) is 0.441. The topological polar surface area (TPSA) is 50.4 Å². The van der Waals surface area contributed by atoms with Crippen LogP contribution in [0.2, 0.25) is 0 Å². The van der Waals surface area contributed by atoms with Gasteiger partial charge in [0.05, 0.1) is 13.2 Å². The van der Waals surface area contributed by atoms with Gasteiger partial charge in [0, 0.05) is 6.54 Å². The first-order valence-corrected chi connectivity index (χ1v) is 9.08. The Hall–Kier alpha value is -2.56. The first-order chi connectivity index (χ1) is 12.7. The summed E-state index contributed by atoms with van der Waals surface area (Å²) in [4.78, 5) is 12.4. The summed E-state index contributed by atoms with van der Waals surface area (Å²) in [6, 6.07) is 13.7. The van der Waals surface area contributed by atoms with Crippen LogP contribution in [0.4, 0.5) is 9.18 Å². The highest BCUT2D eigenvalue weighted by Crippen LogP contribution is 2.35. The van der Waals surface area contributed by atoms with Crippen molar-refractivity contribution < 1.29 is 13.9 Å². The fraction of sp³-hybridized carbons (Fsp3) is 0.381. The molecule has 0 heterocycles. The number of nitrogens with one attached hydrogen (secondary N) is 2. The first kappa shape index (κ1) is 18.2. The van der Waals surface area contributed by atoms with Crippen molar-refractivity contribution in [2.75, 3.05) is 7.11 Å². The molecule has 2 aromatic rings. The number of benzene rings is 2. The molecule has 0 spiro atoms. The molecular weight excluding hydrogens is 331 g/mol. The van der Waals surface area contributed by atoms with Gasteiger partial charge in [0.2, 0.25) is 0 Å². The van der Waals surface area contributed by atoms with Gasteiger partial charge in [-0.05, 0) is 54.2 Å². The molecule has 0 bridgehead atoms. The smallest absolute Gasteiger partial charge is 0.315 e. The summed E-state index contributed by atoms with van der Waals surface area (Å²) in [5.41, 5.74) is 1.96. The number of amides is 2. The van der Waals surface area contributed by atoms with Crippen LogP contribution in [-0.2, 0) is 6.54 Å². The van der Waals surface area contributed by atoms with Gasteiger partial charge in [0.25, 0.3) is 0 Å². The molecule has 0 aliphatic heterocycles. The van der Waals surface area contributed by atoms with E-state index in [1.807, 2.05) is 24.3 Å². The first-order valence-electron chi connectivity index (χ1n) is 9.08. The van der Waals surface area contributed by atoms with Gasteiger partial charge in [0.1, 0.15) is 11.6 Å². The summed E-state index contributed by atoms with van der Waals surface area (Å²) in [5.74, 6) is 0.922. The second kappa shape index (κ2) is 8.70. The minimum Gasteiger partial charge on any atom is -0.497 e. The van der Waals surface area contributed by atoms with Crippen LogP contribution in [0.5, 0.6) is 5.75 Å². The number of hydrogen-bond acceptors (Lipinski definition) is 2. The lowest BCUT2D eigenvalue weighted by atomic mass is 9.91. The second-order valence-electron chi connectivity index (χ2n) is 6.75. The van der Waals surface area contributed by atoms with E-state index in [4.69, 9.17) is 4.74 Å². The summed E-state index contributed by atoms with van der Waals surface area (Å²) in [6.07, 6.45) is 4.52. The van der Waals surface area contributed by atoms with Gasteiger partial charge in [-0.3, -0.25) is 0 Å². The Bertz CT molecular complexity index is 710. The highest BCUT2D eigenvalue weighted by molar-refractivity contribution is 5.74. The minimum absolute atomic E-state index is 0.0889. The van der Waals surface area contributed by atoms with Gasteiger partial charge in [-0.1, -0.05) is 37.1 Å². The van der Waals surface area contributed by atoms with Crippen molar-refractivity contribution in [3.05, 3.63) is 65.5 Å². The van der Waals surface area contributed by atoms with E-state index in [1.165, 1.54) is 25.0 Å². The lowest BCUT2D eigenvalue weighted by Gasteiger charge is -2.25. The van der Waals surface area contributed by atoms with E-state index in [1.54, 1.807) is 19.2 Å². The Morgan fingerprint density at radius 2 is 1.77 bits per heavy atom. The van der Waals surface area contributed by atoms with Gasteiger partial charge in [-0.2, -0.15) is 0 Å². The minimum atomic E-state index is -0.261. The van der Waals surface area contributed by atoms with Crippen LogP contribution in [0.25, 0.3) is 0 Å².